The van der Waals surface area contributed by atoms with Crippen LogP contribution in [-0.4, -0.2) is 85.8 Å². The second kappa shape index (κ2) is 8.31. The van der Waals surface area contributed by atoms with Crippen molar-refractivity contribution in [2.45, 2.75) is 102 Å². The average Bonchev–Trinajstić information content (AvgIpc) is 2.65. The summed E-state index contributed by atoms with van der Waals surface area (Å²) in [7, 11) is 0. The van der Waals surface area contributed by atoms with E-state index in [1.807, 2.05) is 6.92 Å². The molecular formula is C21H38O8. The summed E-state index contributed by atoms with van der Waals surface area (Å²) >= 11 is 0. The molecule has 1 saturated heterocycles. The van der Waals surface area contributed by atoms with Crippen LogP contribution in [0.5, 0.6) is 0 Å². The van der Waals surface area contributed by atoms with Crippen molar-refractivity contribution < 1.29 is 40.1 Å². The summed E-state index contributed by atoms with van der Waals surface area (Å²) in [4.78, 5) is 0. The first-order valence-corrected chi connectivity index (χ1v) is 10.8. The SMILES string of the molecule is CC(C)[C@@H]1CC[C@]2(C)[C@@H](O)CC[C@@](C)(O)[C@H]2[C@H]1O[C@H]1O[C@@H](CO)[C@H](O)[C@@H](O)[C@@H]1O. The van der Waals surface area contributed by atoms with E-state index < -0.39 is 66.5 Å². The molecular weight excluding hydrogens is 380 g/mol. The molecule has 0 aromatic rings. The minimum atomic E-state index is -1.52. The van der Waals surface area contributed by atoms with Crippen LogP contribution in [-0.2, 0) is 9.47 Å². The summed E-state index contributed by atoms with van der Waals surface area (Å²) in [5.74, 6) is -0.117. The van der Waals surface area contributed by atoms with Crippen LogP contribution in [0.4, 0.5) is 0 Å². The molecule has 8 heteroatoms. The summed E-state index contributed by atoms with van der Waals surface area (Å²) in [5, 5.41) is 62.2. The van der Waals surface area contributed by atoms with E-state index in [9.17, 15) is 30.6 Å². The van der Waals surface area contributed by atoms with Crippen LogP contribution in [0, 0.1) is 23.2 Å². The van der Waals surface area contributed by atoms with Crippen molar-refractivity contribution in [2.24, 2.45) is 23.2 Å². The summed E-state index contributed by atoms with van der Waals surface area (Å²) in [5.41, 5.74) is -1.62. The molecule has 3 aliphatic rings. The highest BCUT2D eigenvalue weighted by Gasteiger charge is 2.61. The van der Waals surface area contributed by atoms with Crippen molar-refractivity contribution in [3.63, 3.8) is 0 Å². The Morgan fingerprint density at radius 3 is 2.24 bits per heavy atom. The van der Waals surface area contributed by atoms with Gasteiger partial charge in [-0.25, -0.2) is 0 Å². The fourth-order valence-corrected chi connectivity index (χ4v) is 6.00. The molecule has 0 aromatic carbocycles. The zero-order valence-corrected chi connectivity index (χ0v) is 17.8. The second-order valence-electron chi connectivity index (χ2n) is 10.1. The van der Waals surface area contributed by atoms with Crippen molar-refractivity contribution in [2.75, 3.05) is 6.61 Å². The maximum absolute atomic E-state index is 11.3. The number of ether oxygens (including phenoxy) is 2. The molecule has 0 spiro atoms. The van der Waals surface area contributed by atoms with E-state index >= 15 is 0 Å². The van der Waals surface area contributed by atoms with Gasteiger partial charge in [0.15, 0.2) is 6.29 Å². The molecule has 29 heavy (non-hydrogen) atoms. The van der Waals surface area contributed by atoms with Gasteiger partial charge in [-0.1, -0.05) is 20.8 Å². The lowest BCUT2D eigenvalue weighted by molar-refractivity contribution is -0.338. The Morgan fingerprint density at radius 1 is 1.00 bits per heavy atom. The highest BCUT2D eigenvalue weighted by atomic mass is 16.7. The van der Waals surface area contributed by atoms with Gasteiger partial charge in [0.05, 0.1) is 24.4 Å². The highest BCUT2D eigenvalue weighted by Crippen LogP contribution is 2.57. The van der Waals surface area contributed by atoms with Gasteiger partial charge in [-0.3, -0.25) is 0 Å². The molecule has 8 nitrogen and oxygen atoms in total. The highest BCUT2D eigenvalue weighted by molar-refractivity contribution is 5.09. The Morgan fingerprint density at radius 2 is 1.66 bits per heavy atom. The van der Waals surface area contributed by atoms with Gasteiger partial charge in [0, 0.05) is 11.3 Å². The third kappa shape index (κ3) is 3.99. The first kappa shape index (κ1) is 23.3. The van der Waals surface area contributed by atoms with E-state index in [0.717, 1.165) is 12.8 Å². The van der Waals surface area contributed by atoms with E-state index in [0.29, 0.717) is 12.8 Å². The van der Waals surface area contributed by atoms with Crippen LogP contribution in [0.1, 0.15) is 53.4 Å². The molecule has 1 aliphatic heterocycles. The number of rotatable bonds is 4. The predicted octanol–water partition coefficient (Wildman–Crippen LogP) is -0.234. The van der Waals surface area contributed by atoms with E-state index in [1.54, 1.807) is 6.92 Å². The van der Waals surface area contributed by atoms with Crippen LogP contribution in [0.25, 0.3) is 0 Å². The van der Waals surface area contributed by atoms with Gasteiger partial charge in [0.1, 0.15) is 24.4 Å². The number of aliphatic hydroxyl groups excluding tert-OH is 5. The maximum Gasteiger partial charge on any atom is 0.186 e. The van der Waals surface area contributed by atoms with Gasteiger partial charge in [-0.05, 0) is 44.4 Å². The van der Waals surface area contributed by atoms with Crippen molar-refractivity contribution >= 4 is 0 Å². The quantitative estimate of drug-likeness (QED) is 0.368. The van der Waals surface area contributed by atoms with Gasteiger partial charge in [-0.2, -0.15) is 0 Å². The number of hydrogen-bond donors (Lipinski definition) is 6. The molecule has 0 amide bonds. The summed E-state index contributed by atoms with van der Waals surface area (Å²) in [6.45, 7) is 7.38. The van der Waals surface area contributed by atoms with Crippen LogP contribution < -0.4 is 0 Å². The Labute approximate surface area is 172 Å². The predicted molar refractivity (Wildman–Crippen MR) is 104 cm³/mol. The fourth-order valence-electron chi connectivity index (χ4n) is 6.00. The number of aliphatic hydroxyl groups is 6. The van der Waals surface area contributed by atoms with E-state index in [4.69, 9.17) is 9.47 Å². The molecule has 3 rings (SSSR count). The van der Waals surface area contributed by atoms with Crippen LogP contribution in [0.15, 0.2) is 0 Å². The van der Waals surface area contributed by atoms with Gasteiger partial charge < -0.3 is 40.1 Å². The first-order valence-electron chi connectivity index (χ1n) is 10.8. The van der Waals surface area contributed by atoms with Gasteiger partial charge >= 0.3 is 0 Å². The molecule has 11 atom stereocenters. The fraction of sp³-hybridized carbons (Fsp3) is 1.00. The number of fused-ring (bicyclic) bond motifs is 1. The zero-order valence-electron chi connectivity index (χ0n) is 17.8. The maximum atomic E-state index is 11.3. The summed E-state index contributed by atoms with van der Waals surface area (Å²) < 4.78 is 11.9. The van der Waals surface area contributed by atoms with Crippen LogP contribution >= 0.6 is 0 Å². The summed E-state index contributed by atoms with van der Waals surface area (Å²) in [6, 6.07) is 0. The molecule has 170 valence electrons. The van der Waals surface area contributed by atoms with E-state index in [2.05, 4.69) is 13.8 Å². The van der Waals surface area contributed by atoms with E-state index in [-0.39, 0.29) is 11.8 Å². The monoisotopic (exact) mass is 418 g/mol. The number of hydrogen-bond acceptors (Lipinski definition) is 8. The molecule has 2 aliphatic carbocycles. The standard InChI is InChI=1S/C21H38O8/c1-10(2)11-5-7-20(3)13(23)6-8-21(4,27)18(20)17(11)29-19-16(26)15(25)14(24)12(9-22)28-19/h10-19,22-27H,5-9H2,1-4H3/t11-,12-,13-,14-,15+,16-,17-,18-,19+,20+,21+/m0/s1. The zero-order chi connectivity index (χ0) is 21.7. The van der Waals surface area contributed by atoms with Crippen molar-refractivity contribution in [1.29, 1.82) is 0 Å². The molecule has 0 bridgehead atoms. The smallest absolute Gasteiger partial charge is 0.186 e. The minimum absolute atomic E-state index is 0.0530. The van der Waals surface area contributed by atoms with E-state index in [1.165, 1.54) is 0 Å². The lowest BCUT2D eigenvalue weighted by Gasteiger charge is -2.60. The normalized spacial score (nSPS) is 53.7. The molecule has 0 radical (unpaired) electrons. The molecule has 0 unspecified atom stereocenters. The lowest BCUT2D eigenvalue weighted by atomic mass is 9.50. The van der Waals surface area contributed by atoms with Crippen LogP contribution in [0.3, 0.4) is 0 Å². The minimum Gasteiger partial charge on any atom is -0.394 e. The average molecular weight is 419 g/mol. The second-order valence-corrected chi connectivity index (χ2v) is 10.1. The van der Waals surface area contributed by atoms with Crippen molar-refractivity contribution in [3.05, 3.63) is 0 Å². The third-order valence-electron chi connectivity index (χ3n) is 7.83. The van der Waals surface area contributed by atoms with Crippen molar-refractivity contribution in [1.82, 2.24) is 0 Å². The van der Waals surface area contributed by atoms with Gasteiger partial charge in [0.2, 0.25) is 0 Å². The first-order chi connectivity index (χ1) is 13.4. The Kier molecular flexibility index (Phi) is 6.69. The van der Waals surface area contributed by atoms with Crippen LogP contribution in [0.2, 0.25) is 0 Å². The third-order valence-corrected chi connectivity index (χ3v) is 7.83. The topological polar surface area (TPSA) is 140 Å². The Balaban J connectivity index is 1.94. The molecule has 0 aromatic heterocycles. The Hall–Kier alpha value is -0.320. The molecule has 6 N–H and O–H groups in total. The lowest BCUT2D eigenvalue weighted by Crippen LogP contribution is -2.66. The van der Waals surface area contributed by atoms with Gasteiger partial charge in [0.25, 0.3) is 0 Å². The Bertz CT molecular complexity index is 567. The van der Waals surface area contributed by atoms with Gasteiger partial charge in [-0.15, -0.1) is 0 Å². The molecule has 1 heterocycles. The molecule has 2 saturated carbocycles. The largest absolute Gasteiger partial charge is 0.394 e. The molecule has 3 fully saturated rings. The van der Waals surface area contributed by atoms with Crippen molar-refractivity contribution in [3.8, 4) is 0 Å². The summed E-state index contributed by atoms with van der Waals surface area (Å²) in [6.07, 6.45) is -5.37.